The summed E-state index contributed by atoms with van der Waals surface area (Å²) in [6.45, 7) is 19.9. The summed E-state index contributed by atoms with van der Waals surface area (Å²) >= 11 is 0. The van der Waals surface area contributed by atoms with Crippen molar-refractivity contribution >= 4 is 16.7 Å². The number of benzene rings is 1. The molecule has 4 heteroatoms. The third kappa shape index (κ3) is 4.33. The lowest BCUT2D eigenvalue weighted by atomic mass is 9.75. The molecule has 4 nitrogen and oxygen atoms in total. The third-order valence-corrected chi connectivity index (χ3v) is 7.14. The fraction of sp³-hybridized carbons (Fsp3) is 0.720. The van der Waals surface area contributed by atoms with Gasteiger partial charge in [-0.05, 0) is 61.7 Å². The predicted octanol–water partition coefficient (Wildman–Crippen LogP) is 5.71. The molecule has 0 amide bonds. The van der Waals surface area contributed by atoms with Crippen LogP contribution in [0, 0.1) is 17.3 Å². The van der Waals surface area contributed by atoms with Gasteiger partial charge in [-0.25, -0.2) is 0 Å². The maximum Gasteiger partial charge on any atom is 0.169 e. The molecular weight excluding hydrogens is 358 g/mol. The lowest BCUT2D eigenvalue weighted by Crippen LogP contribution is -2.40. The van der Waals surface area contributed by atoms with E-state index in [9.17, 15) is 0 Å². The molecule has 3 heterocycles. The molecule has 4 rings (SSSR count). The molecule has 2 aromatic rings. The zero-order valence-electron chi connectivity index (χ0n) is 19.3. The number of aromatic nitrogens is 1. The van der Waals surface area contributed by atoms with Crippen LogP contribution in [0.15, 0.2) is 22.7 Å². The van der Waals surface area contributed by atoms with Gasteiger partial charge in [-0.2, -0.15) is 0 Å². The van der Waals surface area contributed by atoms with Crippen molar-refractivity contribution in [1.29, 1.82) is 0 Å². The first-order chi connectivity index (χ1) is 13.6. The van der Waals surface area contributed by atoms with Crippen molar-refractivity contribution < 1.29 is 4.52 Å². The van der Waals surface area contributed by atoms with Crippen molar-refractivity contribution in [2.24, 2.45) is 17.3 Å². The highest BCUT2D eigenvalue weighted by Crippen LogP contribution is 2.38. The number of rotatable bonds is 3. The monoisotopic (exact) mass is 397 g/mol. The third-order valence-electron chi connectivity index (χ3n) is 7.14. The van der Waals surface area contributed by atoms with E-state index >= 15 is 0 Å². The van der Waals surface area contributed by atoms with Crippen LogP contribution >= 0.6 is 0 Å². The minimum Gasteiger partial charge on any atom is -0.371 e. The molecule has 160 valence electrons. The summed E-state index contributed by atoms with van der Waals surface area (Å²) in [5.41, 5.74) is 3.74. The molecule has 2 aliphatic heterocycles. The van der Waals surface area contributed by atoms with Gasteiger partial charge in [0.05, 0.1) is 11.1 Å². The van der Waals surface area contributed by atoms with Gasteiger partial charge in [0.25, 0.3) is 0 Å². The fourth-order valence-corrected chi connectivity index (χ4v) is 5.30. The predicted molar refractivity (Wildman–Crippen MR) is 122 cm³/mol. The minimum absolute atomic E-state index is 0.0160. The molecule has 0 aliphatic carbocycles. The zero-order chi connectivity index (χ0) is 20.8. The maximum atomic E-state index is 5.68. The second-order valence-electron chi connectivity index (χ2n) is 11.5. The van der Waals surface area contributed by atoms with Gasteiger partial charge in [0.15, 0.2) is 5.58 Å². The van der Waals surface area contributed by atoms with E-state index in [0.717, 1.165) is 36.2 Å². The van der Waals surface area contributed by atoms with E-state index in [0.29, 0.717) is 5.41 Å². The number of fused-ring (bicyclic) bond motifs is 1. The first kappa shape index (κ1) is 20.7. The van der Waals surface area contributed by atoms with Crippen molar-refractivity contribution in [1.82, 2.24) is 10.1 Å². The highest BCUT2D eigenvalue weighted by molar-refractivity contribution is 5.93. The smallest absolute Gasteiger partial charge is 0.169 e. The second kappa shape index (κ2) is 7.61. The highest BCUT2D eigenvalue weighted by Gasteiger charge is 2.32. The number of piperidine rings is 1. The van der Waals surface area contributed by atoms with Crippen LogP contribution < -0.4 is 4.90 Å². The number of hydrogen-bond donors (Lipinski definition) is 0. The molecule has 2 aliphatic rings. The van der Waals surface area contributed by atoms with Gasteiger partial charge in [-0.15, -0.1) is 0 Å². The van der Waals surface area contributed by atoms with E-state index in [2.05, 4.69) is 68.6 Å². The fourth-order valence-electron chi connectivity index (χ4n) is 5.30. The molecule has 1 atom stereocenters. The Morgan fingerprint density at radius 3 is 2.38 bits per heavy atom. The number of hydrogen-bond acceptors (Lipinski definition) is 4. The Hall–Kier alpha value is -1.55. The molecule has 0 N–H and O–H groups in total. The molecule has 1 aromatic carbocycles. The minimum atomic E-state index is -0.0160. The average Bonchev–Trinajstić information content (AvgIpc) is 3.27. The quantitative estimate of drug-likeness (QED) is 0.664. The zero-order valence-corrected chi connectivity index (χ0v) is 19.3. The van der Waals surface area contributed by atoms with Crippen LogP contribution in [0.25, 0.3) is 11.0 Å². The van der Waals surface area contributed by atoms with Gasteiger partial charge < -0.3 is 14.3 Å². The Bertz CT molecular complexity index is 834. The van der Waals surface area contributed by atoms with E-state index in [-0.39, 0.29) is 5.41 Å². The Labute approximate surface area is 176 Å². The normalized spacial score (nSPS) is 22.7. The molecular formula is C25H39N3O. The highest BCUT2D eigenvalue weighted by atomic mass is 16.5. The molecule has 0 radical (unpaired) electrons. The Morgan fingerprint density at radius 2 is 1.72 bits per heavy atom. The van der Waals surface area contributed by atoms with Gasteiger partial charge in [0, 0.05) is 30.7 Å². The van der Waals surface area contributed by atoms with Crippen molar-refractivity contribution in [2.75, 3.05) is 37.6 Å². The topological polar surface area (TPSA) is 32.5 Å². The van der Waals surface area contributed by atoms with Crippen LogP contribution in [0.2, 0.25) is 0 Å². The SMILES string of the molecule is CC(C)(C)c1noc2cccc(N3CCC(CN4CCC(C(C)(C)C)CC4)C3)c12. The molecule has 1 aromatic heterocycles. The summed E-state index contributed by atoms with van der Waals surface area (Å²) in [4.78, 5) is 5.29. The summed E-state index contributed by atoms with van der Waals surface area (Å²) in [6.07, 6.45) is 4.00. The van der Waals surface area contributed by atoms with E-state index in [1.165, 1.54) is 50.0 Å². The van der Waals surface area contributed by atoms with Gasteiger partial charge in [-0.3, -0.25) is 0 Å². The van der Waals surface area contributed by atoms with Gasteiger partial charge in [-0.1, -0.05) is 52.8 Å². The van der Waals surface area contributed by atoms with Crippen LogP contribution in [0.3, 0.4) is 0 Å². The van der Waals surface area contributed by atoms with Gasteiger partial charge in [0.1, 0.15) is 0 Å². The first-order valence-electron chi connectivity index (χ1n) is 11.5. The first-order valence-corrected chi connectivity index (χ1v) is 11.5. The van der Waals surface area contributed by atoms with E-state index in [1.807, 2.05) is 6.07 Å². The van der Waals surface area contributed by atoms with Crippen molar-refractivity contribution in [3.05, 3.63) is 23.9 Å². The summed E-state index contributed by atoms with van der Waals surface area (Å²) < 4.78 is 5.68. The summed E-state index contributed by atoms with van der Waals surface area (Å²) in [5.74, 6) is 1.63. The van der Waals surface area contributed by atoms with Crippen molar-refractivity contribution in [2.45, 2.75) is 66.2 Å². The van der Waals surface area contributed by atoms with Gasteiger partial charge in [0.2, 0.25) is 0 Å². The molecule has 0 saturated carbocycles. The van der Waals surface area contributed by atoms with Crippen LogP contribution in [-0.4, -0.2) is 42.8 Å². The Morgan fingerprint density at radius 1 is 1.00 bits per heavy atom. The van der Waals surface area contributed by atoms with E-state index in [4.69, 9.17) is 4.52 Å². The average molecular weight is 398 g/mol. The van der Waals surface area contributed by atoms with Crippen LogP contribution in [0.5, 0.6) is 0 Å². The maximum absolute atomic E-state index is 5.68. The molecule has 1 unspecified atom stereocenters. The molecule has 0 spiro atoms. The number of anilines is 1. The van der Waals surface area contributed by atoms with Crippen LogP contribution in [0.4, 0.5) is 5.69 Å². The number of nitrogens with zero attached hydrogens (tertiary/aromatic N) is 3. The Kier molecular flexibility index (Phi) is 5.43. The van der Waals surface area contributed by atoms with Crippen LogP contribution in [0.1, 0.15) is 66.5 Å². The summed E-state index contributed by atoms with van der Waals surface area (Å²) in [5, 5.41) is 5.64. The molecule has 2 fully saturated rings. The lowest BCUT2D eigenvalue weighted by Gasteiger charge is -2.39. The molecule has 2 saturated heterocycles. The van der Waals surface area contributed by atoms with Gasteiger partial charge >= 0.3 is 0 Å². The van der Waals surface area contributed by atoms with Crippen LogP contribution in [-0.2, 0) is 5.41 Å². The largest absolute Gasteiger partial charge is 0.371 e. The summed E-state index contributed by atoms with van der Waals surface area (Å²) in [7, 11) is 0. The molecule has 29 heavy (non-hydrogen) atoms. The molecule has 0 bridgehead atoms. The van der Waals surface area contributed by atoms with E-state index in [1.54, 1.807) is 0 Å². The lowest BCUT2D eigenvalue weighted by molar-refractivity contribution is 0.103. The van der Waals surface area contributed by atoms with Crippen molar-refractivity contribution in [3.8, 4) is 0 Å². The number of likely N-dealkylation sites (tertiary alicyclic amines) is 1. The second-order valence-corrected chi connectivity index (χ2v) is 11.5. The standard InChI is InChI=1S/C25H39N3O/c1-24(2,3)19-11-13-27(14-12-19)16-18-10-15-28(17-18)20-8-7-9-21-22(20)23(26-29-21)25(4,5)6/h7-9,18-19H,10-17H2,1-6H3. The van der Waals surface area contributed by atoms with Crippen molar-refractivity contribution in [3.63, 3.8) is 0 Å². The Balaban J connectivity index is 1.43. The van der Waals surface area contributed by atoms with E-state index < -0.39 is 0 Å². The summed E-state index contributed by atoms with van der Waals surface area (Å²) in [6, 6.07) is 6.42.